The van der Waals surface area contributed by atoms with Gasteiger partial charge < -0.3 is 0 Å². The fourth-order valence-corrected chi connectivity index (χ4v) is 2.23. The molecule has 4 heteroatoms. The van der Waals surface area contributed by atoms with Crippen LogP contribution in [0.4, 0.5) is 0 Å². The van der Waals surface area contributed by atoms with Crippen LogP contribution in [0, 0.1) is 0 Å². The summed E-state index contributed by atoms with van der Waals surface area (Å²) in [6.45, 7) is 1.56. The quantitative estimate of drug-likeness (QED) is 0.689. The van der Waals surface area contributed by atoms with Gasteiger partial charge in [-0.2, -0.15) is 0 Å². The Bertz CT molecular complexity index is 745. The minimum absolute atomic E-state index is 0.0646. The van der Waals surface area contributed by atoms with Crippen molar-refractivity contribution in [1.82, 2.24) is 14.8 Å². The van der Waals surface area contributed by atoms with Crippen LogP contribution in [0.2, 0.25) is 0 Å². The van der Waals surface area contributed by atoms with Crippen LogP contribution >= 0.6 is 0 Å². The molecule has 0 saturated heterocycles. The Morgan fingerprint density at radius 2 is 1.76 bits per heavy atom. The van der Waals surface area contributed by atoms with Gasteiger partial charge in [0.25, 0.3) is 0 Å². The van der Waals surface area contributed by atoms with Crippen LogP contribution in [0.3, 0.4) is 0 Å². The summed E-state index contributed by atoms with van der Waals surface area (Å²) in [5, 5.41) is 8.19. The Morgan fingerprint density at radius 1 is 1.05 bits per heavy atom. The maximum Gasteiger partial charge on any atom is 0.159 e. The second-order valence-corrected chi connectivity index (χ2v) is 4.88. The molecule has 0 atom stereocenters. The van der Waals surface area contributed by atoms with Gasteiger partial charge in [0.15, 0.2) is 5.78 Å². The summed E-state index contributed by atoms with van der Waals surface area (Å²) in [5.74, 6) is 0.937. The van der Waals surface area contributed by atoms with E-state index in [4.69, 9.17) is 0 Å². The highest BCUT2D eigenvalue weighted by molar-refractivity contribution is 5.94. The largest absolute Gasteiger partial charge is 0.295 e. The molecule has 0 aliphatic carbocycles. The number of carbonyl (C=O) groups excluding carboxylic acids is 1. The number of benzene rings is 2. The Labute approximate surface area is 123 Å². The topological polar surface area (TPSA) is 47.8 Å². The summed E-state index contributed by atoms with van der Waals surface area (Å²) >= 11 is 0. The summed E-state index contributed by atoms with van der Waals surface area (Å²) in [5.41, 5.74) is 2.85. The normalized spacial score (nSPS) is 10.5. The van der Waals surface area contributed by atoms with Crippen LogP contribution in [0.1, 0.15) is 28.7 Å². The van der Waals surface area contributed by atoms with Gasteiger partial charge in [-0.3, -0.25) is 9.36 Å². The van der Waals surface area contributed by atoms with Gasteiger partial charge >= 0.3 is 0 Å². The molecular formula is C17H15N3O. The molecule has 1 heterocycles. The molecule has 0 bridgehead atoms. The van der Waals surface area contributed by atoms with E-state index in [0.29, 0.717) is 5.56 Å². The van der Waals surface area contributed by atoms with E-state index >= 15 is 0 Å². The zero-order valence-electron chi connectivity index (χ0n) is 11.7. The van der Waals surface area contributed by atoms with Gasteiger partial charge in [0.2, 0.25) is 0 Å². The van der Waals surface area contributed by atoms with E-state index in [0.717, 1.165) is 17.9 Å². The first kappa shape index (κ1) is 13.2. The van der Waals surface area contributed by atoms with Crippen molar-refractivity contribution in [3.05, 3.63) is 77.9 Å². The molecule has 4 nitrogen and oxygen atoms in total. The number of carbonyl (C=O) groups is 1. The SMILES string of the molecule is CC(=O)c1ccc(-n2cnnc2Cc2ccccc2)cc1. The molecule has 0 aliphatic rings. The van der Waals surface area contributed by atoms with E-state index in [2.05, 4.69) is 22.3 Å². The average Bonchev–Trinajstić information content (AvgIpc) is 2.96. The predicted octanol–water partition coefficient (Wildman–Crippen LogP) is 3.06. The Balaban J connectivity index is 1.90. The molecule has 0 amide bonds. The second-order valence-electron chi connectivity index (χ2n) is 4.88. The zero-order valence-corrected chi connectivity index (χ0v) is 11.7. The molecule has 3 aromatic rings. The molecule has 2 aromatic carbocycles. The lowest BCUT2D eigenvalue weighted by Gasteiger charge is -2.07. The van der Waals surface area contributed by atoms with Gasteiger partial charge in [0.05, 0.1) is 0 Å². The van der Waals surface area contributed by atoms with Crippen molar-refractivity contribution < 1.29 is 4.79 Å². The smallest absolute Gasteiger partial charge is 0.159 e. The molecule has 0 aliphatic heterocycles. The third-order valence-corrected chi connectivity index (χ3v) is 3.38. The number of hydrogen-bond donors (Lipinski definition) is 0. The van der Waals surface area contributed by atoms with Crippen LogP contribution < -0.4 is 0 Å². The molecule has 3 rings (SSSR count). The van der Waals surface area contributed by atoms with Gasteiger partial charge in [-0.05, 0) is 36.8 Å². The summed E-state index contributed by atoms with van der Waals surface area (Å²) in [6, 6.07) is 17.6. The standard InChI is InChI=1S/C17H15N3O/c1-13(21)15-7-9-16(10-8-15)20-12-18-19-17(20)11-14-5-3-2-4-6-14/h2-10,12H,11H2,1H3. The molecule has 0 saturated carbocycles. The maximum absolute atomic E-state index is 11.3. The number of Topliss-reactive ketones (excluding diaryl/α,β-unsaturated/α-hetero) is 1. The number of nitrogens with zero attached hydrogens (tertiary/aromatic N) is 3. The number of ketones is 1. The lowest BCUT2D eigenvalue weighted by Crippen LogP contribution is -2.02. The summed E-state index contributed by atoms with van der Waals surface area (Å²) in [6.07, 6.45) is 2.41. The molecule has 0 radical (unpaired) electrons. The first-order valence-electron chi connectivity index (χ1n) is 6.78. The summed E-state index contributed by atoms with van der Waals surface area (Å²) in [4.78, 5) is 11.3. The number of aromatic nitrogens is 3. The van der Waals surface area contributed by atoms with Crippen molar-refractivity contribution in [2.24, 2.45) is 0 Å². The van der Waals surface area contributed by atoms with Crippen LogP contribution in [0.5, 0.6) is 0 Å². The Morgan fingerprint density at radius 3 is 2.43 bits per heavy atom. The fraction of sp³-hybridized carbons (Fsp3) is 0.118. The maximum atomic E-state index is 11.3. The van der Waals surface area contributed by atoms with Gasteiger partial charge in [0.1, 0.15) is 12.2 Å². The van der Waals surface area contributed by atoms with E-state index in [1.807, 2.05) is 47.0 Å². The van der Waals surface area contributed by atoms with Gasteiger partial charge in [-0.1, -0.05) is 30.3 Å². The first-order valence-corrected chi connectivity index (χ1v) is 6.78. The van der Waals surface area contributed by atoms with Gasteiger partial charge in [-0.15, -0.1) is 10.2 Å². The molecule has 104 valence electrons. The van der Waals surface area contributed by atoms with Crippen LogP contribution in [0.25, 0.3) is 5.69 Å². The van der Waals surface area contributed by atoms with Crippen LogP contribution in [-0.4, -0.2) is 20.5 Å². The van der Waals surface area contributed by atoms with Crippen molar-refractivity contribution in [2.45, 2.75) is 13.3 Å². The first-order chi connectivity index (χ1) is 10.2. The molecule has 1 aromatic heterocycles. The highest BCUT2D eigenvalue weighted by Crippen LogP contribution is 2.14. The van der Waals surface area contributed by atoms with Crippen molar-refractivity contribution in [3.63, 3.8) is 0 Å². The van der Waals surface area contributed by atoms with E-state index in [9.17, 15) is 4.79 Å². The minimum atomic E-state index is 0.0646. The molecule has 0 unspecified atom stereocenters. The highest BCUT2D eigenvalue weighted by atomic mass is 16.1. The van der Waals surface area contributed by atoms with Crippen LogP contribution in [0.15, 0.2) is 60.9 Å². The summed E-state index contributed by atoms with van der Waals surface area (Å²) in [7, 11) is 0. The highest BCUT2D eigenvalue weighted by Gasteiger charge is 2.08. The van der Waals surface area contributed by atoms with Gasteiger partial charge in [-0.25, -0.2) is 0 Å². The lowest BCUT2D eigenvalue weighted by atomic mass is 10.1. The predicted molar refractivity (Wildman–Crippen MR) is 80.6 cm³/mol. The zero-order chi connectivity index (χ0) is 14.7. The fourth-order valence-electron chi connectivity index (χ4n) is 2.23. The number of rotatable bonds is 4. The number of hydrogen-bond acceptors (Lipinski definition) is 3. The second kappa shape index (κ2) is 5.71. The van der Waals surface area contributed by atoms with E-state index < -0.39 is 0 Å². The molecule has 0 spiro atoms. The van der Waals surface area contributed by atoms with E-state index in [1.54, 1.807) is 13.3 Å². The molecular weight excluding hydrogens is 262 g/mol. The lowest BCUT2D eigenvalue weighted by molar-refractivity contribution is 0.101. The van der Waals surface area contributed by atoms with Crippen LogP contribution in [-0.2, 0) is 6.42 Å². The Kier molecular flexibility index (Phi) is 3.60. The third kappa shape index (κ3) is 2.89. The van der Waals surface area contributed by atoms with Crippen molar-refractivity contribution in [1.29, 1.82) is 0 Å². The third-order valence-electron chi connectivity index (χ3n) is 3.38. The van der Waals surface area contributed by atoms with Gasteiger partial charge in [0, 0.05) is 17.7 Å². The molecule has 0 fully saturated rings. The van der Waals surface area contributed by atoms with Crippen molar-refractivity contribution >= 4 is 5.78 Å². The average molecular weight is 277 g/mol. The minimum Gasteiger partial charge on any atom is -0.295 e. The monoisotopic (exact) mass is 277 g/mol. The van der Waals surface area contributed by atoms with E-state index in [-0.39, 0.29) is 5.78 Å². The molecule has 0 N–H and O–H groups in total. The molecule has 21 heavy (non-hydrogen) atoms. The van der Waals surface area contributed by atoms with Crippen molar-refractivity contribution in [2.75, 3.05) is 0 Å². The van der Waals surface area contributed by atoms with E-state index in [1.165, 1.54) is 5.56 Å². The Hall–Kier alpha value is -2.75. The van der Waals surface area contributed by atoms with Crippen molar-refractivity contribution in [3.8, 4) is 5.69 Å². The summed E-state index contributed by atoms with van der Waals surface area (Å²) < 4.78 is 1.94.